The van der Waals surface area contributed by atoms with Crippen LogP contribution in [0.15, 0.2) is 52.5 Å². The molecule has 0 spiro atoms. The minimum Gasteiger partial charge on any atom is -0.337 e. The molecule has 28 heavy (non-hydrogen) atoms. The second kappa shape index (κ2) is 7.05. The molecule has 0 unspecified atom stereocenters. The van der Waals surface area contributed by atoms with Crippen LogP contribution in [0.3, 0.4) is 0 Å². The van der Waals surface area contributed by atoms with Crippen LogP contribution in [0.2, 0.25) is 0 Å². The van der Waals surface area contributed by atoms with Crippen LogP contribution in [0.25, 0.3) is 0 Å². The number of aryl methyl sites for hydroxylation is 2. The van der Waals surface area contributed by atoms with E-state index in [1.165, 1.54) is 0 Å². The first-order valence-electron chi connectivity index (χ1n) is 9.43. The molecule has 2 aromatic carbocycles. The minimum atomic E-state index is -3.95. The first-order valence-corrected chi connectivity index (χ1v) is 10.9. The maximum absolute atomic E-state index is 13.2. The van der Waals surface area contributed by atoms with Crippen LogP contribution >= 0.6 is 0 Å². The molecular weight excluding hydrogens is 374 g/mol. The fraction of sp³-hybridized carbons (Fsp3) is 0.333. The Balaban J connectivity index is 1.79. The van der Waals surface area contributed by atoms with Gasteiger partial charge in [0.25, 0.3) is 5.91 Å². The Morgan fingerprint density at radius 2 is 1.64 bits per heavy atom. The smallest absolute Gasteiger partial charge is 0.286 e. The summed E-state index contributed by atoms with van der Waals surface area (Å²) in [6.45, 7) is 5.47. The molecule has 0 radical (unpaired) electrons. The van der Waals surface area contributed by atoms with Crippen molar-refractivity contribution in [1.82, 2.24) is 4.90 Å². The lowest BCUT2D eigenvalue weighted by Gasteiger charge is -2.29. The fourth-order valence-electron chi connectivity index (χ4n) is 3.58. The SMILES string of the molecule is Cc1ccc(CN2N=C(C(=O)N3CCCC3)S(=O)(=O)c3ccc(C)cc32)cc1. The molecule has 146 valence electrons. The maximum Gasteiger partial charge on any atom is 0.286 e. The van der Waals surface area contributed by atoms with Crippen molar-refractivity contribution >= 4 is 26.5 Å². The molecule has 2 heterocycles. The number of hydrogen-bond donors (Lipinski definition) is 0. The standard InChI is InChI=1S/C21H23N3O3S/c1-15-5-8-17(9-6-15)14-24-18-13-16(2)7-10-19(18)28(26,27)20(22-24)21(25)23-11-3-4-12-23/h5-10,13H,3-4,11-12,14H2,1-2H3. The highest BCUT2D eigenvalue weighted by Gasteiger charge is 2.39. The minimum absolute atomic E-state index is 0.141. The van der Waals surface area contributed by atoms with Crippen molar-refractivity contribution in [3.05, 3.63) is 59.2 Å². The van der Waals surface area contributed by atoms with Gasteiger partial charge in [-0.2, -0.15) is 5.10 Å². The number of likely N-dealkylation sites (tertiary alicyclic amines) is 1. The van der Waals surface area contributed by atoms with Gasteiger partial charge in [-0.05, 0) is 49.9 Å². The van der Waals surface area contributed by atoms with E-state index in [1.807, 2.05) is 44.2 Å². The normalized spacial score (nSPS) is 18.0. The van der Waals surface area contributed by atoms with E-state index in [2.05, 4.69) is 5.10 Å². The maximum atomic E-state index is 13.2. The number of anilines is 1. The van der Waals surface area contributed by atoms with Crippen LogP contribution in [0, 0.1) is 13.8 Å². The van der Waals surface area contributed by atoms with Crippen LogP contribution in [-0.4, -0.2) is 37.4 Å². The number of rotatable bonds is 3. The van der Waals surface area contributed by atoms with Crippen molar-refractivity contribution in [2.75, 3.05) is 18.1 Å². The summed E-state index contributed by atoms with van der Waals surface area (Å²) < 4.78 is 26.3. The number of fused-ring (bicyclic) bond motifs is 1. The molecule has 4 rings (SSSR count). The number of benzene rings is 2. The van der Waals surface area contributed by atoms with E-state index in [0.29, 0.717) is 25.3 Å². The van der Waals surface area contributed by atoms with Crippen molar-refractivity contribution in [3.8, 4) is 0 Å². The van der Waals surface area contributed by atoms with Gasteiger partial charge in [-0.25, -0.2) is 8.42 Å². The Morgan fingerprint density at radius 3 is 2.32 bits per heavy atom. The van der Waals surface area contributed by atoms with Crippen LogP contribution in [0.4, 0.5) is 5.69 Å². The summed E-state index contributed by atoms with van der Waals surface area (Å²) in [5.41, 5.74) is 3.59. The largest absolute Gasteiger partial charge is 0.337 e. The lowest BCUT2D eigenvalue weighted by atomic mass is 10.1. The van der Waals surface area contributed by atoms with Crippen molar-refractivity contribution in [2.45, 2.75) is 38.1 Å². The number of sulfone groups is 1. The summed E-state index contributed by atoms with van der Waals surface area (Å²) in [6.07, 6.45) is 1.78. The summed E-state index contributed by atoms with van der Waals surface area (Å²) in [6, 6.07) is 13.1. The second-order valence-corrected chi connectivity index (χ2v) is 9.26. The van der Waals surface area contributed by atoms with Gasteiger partial charge in [0.2, 0.25) is 14.9 Å². The summed E-state index contributed by atoms with van der Waals surface area (Å²) in [4.78, 5) is 14.6. The Hall–Kier alpha value is -2.67. The Labute approximate surface area is 165 Å². The summed E-state index contributed by atoms with van der Waals surface area (Å²) >= 11 is 0. The highest BCUT2D eigenvalue weighted by molar-refractivity contribution is 8.08. The van der Waals surface area contributed by atoms with Gasteiger partial charge in [-0.3, -0.25) is 9.80 Å². The van der Waals surface area contributed by atoms with Crippen molar-refractivity contribution in [1.29, 1.82) is 0 Å². The monoisotopic (exact) mass is 397 g/mol. The average Bonchev–Trinajstić information content (AvgIpc) is 3.20. The molecule has 1 saturated heterocycles. The second-order valence-electron chi connectivity index (χ2n) is 7.42. The quantitative estimate of drug-likeness (QED) is 0.798. The highest BCUT2D eigenvalue weighted by atomic mass is 32.2. The fourth-order valence-corrected chi connectivity index (χ4v) is 5.04. The molecule has 2 aromatic rings. The Morgan fingerprint density at radius 1 is 1.00 bits per heavy atom. The molecule has 0 bridgehead atoms. The molecule has 6 nitrogen and oxygen atoms in total. The van der Waals surface area contributed by atoms with Gasteiger partial charge in [0, 0.05) is 13.1 Å². The molecule has 1 amide bonds. The molecule has 2 aliphatic rings. The molecule has 0 aliphatic carbocycles. The first kappa shape index (κ1) is 18.7. The summed E-state index contributed by atoms with van der Waals surface area (Å²) in [5.74, 6) is -0.502. The zero-order chi connectivity index (χ0) is 19.9. The molecule has 1 fully saturated rings. The van der Waals surface area contributed by atoms with Crippen LogP contribution in [0.1, 0.15) is 29.5 Å². The van der Waals surface area contributed by atoms with E-state index >= 15 is 0 Å². The van der Waals surface area contributed by atoms with Gasteiger partial charge >= 0.3 is 0 Å². The number of hydrazone groups is 1. The highest BCUT2D eigenvalue weighted by Crippen LogP contribution is 2.34. The molecule has 0 aromatic heterocycles. The molecule has 0 N–H and O–H groups in total. The van der Waals surface area contributed by atoms with E-state index in [1.54, 1.807) is 22.0 Å². The topological polar surface area (TPSA) is 70.1 Å². The summed E-state index contributed by atoms with van der Waals surface area (Å²) in [5, 5.41) is 5.61. The number of amides is 1. The van der Waals surface area contributed by atoms with E-state index in [4.69, 9.17) is 0 Å². The van der Waals surface area contributed by atoms with Crippen LogP contribution in [-0.2, 0) is 21.2 Å². The van der Waals surface area contributed by atoms with Gasteiger partial charge in [0.1, 0.15) is 0 Å². The van der Waals surface area contributed by atoms with E-state index in [0.717, 1.165) is 29.5 Å². The van der Waals surface area contributed by atoms with Crippen LogP contribution in [0.5, 0.6) is 0 Å². The van der Waals surface area contributed by atoms with Gasteiger partial charge in [-0.15, -0.1) is 0 Å². The first-order chi connectivity index (χ1) is 13.4. The molecule has 0 atom stereocenters. The van der Waals surface area contributed by atoms with Gasteiger partial charge in [0.05, 0.1) is 17.1 Å². The third kappa shape index (κ3) is 3.30. The third-order valence-corrected chi connectivity index (χ3v) is 6.87. The number of hydrogen-bond acceptors (Lipinski definition) is 5. The predicted molar refractivity (Wildman–Crippen MR) is 109 cm³/mol. The third-order valence-electron chi connectivity index (χ3n) is 5.18. The predicted octanol–water partition coefficient (Wildman–Crippen LogP) is 3.03. The number of carbonyl (C=O) groups excluding carboxylic acids is 1. The number of nitrogens with zero attached hydrogens (tertiary/aromatic N) is 3. The van der Waals surface area contributed by atoms with E-state index < -0.39 is 15.7 Å². The zero-order valence-corrected chi connectivity index (χ0v) is 16.9. The Kier molecular flexibility index (Phi) is 4.71. The lowest BCUT2D eigenvalue weighted by Crippen LogP contribution is -2.42. The van der Waals surface area contributed by atoms with Crippen molar-refractivity contribution in [2.24, 2.45) is 5.10 Å². The molecule has 2 aliphatic heterocycles. The zero-order valence-electron chi connectivity index (χ0n) is 16.1. The van der Waals surface area contributed by atoms with Crippen molar-refractivity contribution < 1.29 is 13.2 Å². The van der Waals surface area contributed by atoms with E-state index in [-0.39, 0.29) is 9.94 Å². The van der Waals surface area contributed by atoms with Gasteiger partial charge in [-0.1, -0.05) is 35.9 Å². The van der Waals surface area contributed by atoms with Crippen molar-refractivity contribution in [3.63, 3.8) is 0 Å². The lowest BCUT2D eigenvalue weighted by molar-refractivity contribution is -0.122. The van der Waals surface area contributed by atoms with Gasteiger partial charge < -0.3 is 4.90 Å². The molecule has 7 heteroatoms. The molecule has 0 saturated carbocycles. The van der Waals surface area contributed by atoms with Gasteiger partial charge in [0.15, 0.2) is 0 Å². The Bertz CT molecular complexity index is 1050. The summed E-state index contributed by atoms with van der Waals surface area (Å²) in [7, 11) is -3.95. The average molecular weight is 398 g/mol. The molecular formula is C21H23N3O3S. The van der Waals surface area contributed by atoms with Crippen LogP contribution < -0.4 is 5.01 Å². The number of carbonyl (C=O) groups is 1. The van der Waals surface area contributed by atoms with E-state index in [9.17, 15) is 13.2 Å².